The van der Waals surface area contributed by atoms with E-state index in [1.807, 2.05) is 32.2 Å². The lowest BCUT2D eigenvalue weighted by Gasteiger charge is -2.22. The average Bonchev–Trinajstić information content (AvgIpc) is 2.88. The van der Waals surface area contributed by atoms with Crippen LogP contribution in [0.3, 0.4) is 0 Å². The number of aryl methyl sites for hydroxylation is 2. The highest BCUT2D eigenvalue weighted by molar-refractivity contribution is 5.77. The molecule has 1 atom stereocenters. The fourth-order valence-electron chi connectivity index (χ4n) is 2.76. The number of hydrogen-bond donors (Lipinski definition) is 0. The van der Waals surface area contributed by atoms with Gasteiger partial charge < -0.3 is 0 Å². The van der Waals surface area contributed by atoms with Gasteiger partial charge in [-0.3, -0.25) is 14.0 Å². The van der Waals surface area contributed by atoms with Crippen molar-refractivity contribution >= 4 is 10.9 Å². The van der Waals surface area contributed by atoms with Crippen molar-refractivity contribution in [3.63, 3.8) is 0 Å². The molecule has 0 radical (unpaired) electrons. The maximum Gasteiger partial charge on any atom is 0.261 e. The Kier molecular flexibility index (Phi) is 3.52. The van der Waals surface area contributed by atoms with Gasteiger partial charge in [0.15, 0.2) is 0 Å². The van der Waals surface area contributed by atoms with E-state index in [9.17, 15) is 4.79 Å². The standard InChI is InChI=1S/C16H19N5O/c1-10(2)14(15-17-8-19-20(15)4)21-9-18-13-6-5-11(3)7-12(13)16(21)22/h5-10,14H,1-4H3/t14-/m0/s1. The Hall–Kier alpha value is -2.50. The molecule has 3 aromatic rings. The molecule has 114 valence electrons. The molecule has 0 unspecified atom stereocenters. The fourth-order valence-corrected chi connectivity index (χ4v) is 2.76. The molecule has 0 saturated carbocycles. The van der Waals surface area contributed by atoms with E-state index in [0.717, 1.165) is 11.4 Å². The number of hydrogen-bond acceptors (Lipinski definition) is 4. The molecule has 6 nitrogen and oxygen atoms in total. The number of rotatable bonds is 3. The lowest BCUT2D eigenvalue weighted by molar-refractivity contribution is 0.392. The van der Waals surface area contributed by atoms with Crippen LogP contribution in [0.1, 0.15) is 31.3 Å². The Morgan fingerprint density at radius 1 is 1.18 bits per heavy atom. The monoisotopic (exact) mass is 297 g/mol. The van der Waals surface area contributed by atoms with Crippen molar-refractivity contribution in [2.75, 3.05) is 0 Å². The molecule has 0 aliphatic heterocycles. The van der Waals surface area contributed by atoms with Crippen LogP contribution in [0.2, 0.25) is 0 Å². The molecule has 0 amide bonds. The Bertz CT molecular complexity index is 878. The Morgan fingerprint density at radius 3 is 2.59 bits per heavy atom. The predicted octanol–water partition coefficient (Wildman–Crippen LogP) is 2.08. The molecule has 2 aromatic heterocycles. The van der Waals surface area contributed by atoms with Gasteiger partial charge in [0.1, 0.15) is 12.2 Å². The van der Waals surface area contributed by atoms with Gasteiger partial charge in [0.05, 0.1) is 23.3 Å². The minimum atomic E-state index is -0.197. The first-order chi connectivity index (χ1) is 10.5. The summed E-state index contributed by atoms with van der Waals surface area (Å²) in [6.07, 6.45) is 3.12. The van der Waals surface area contributed by atoms with Crippen molar-refractivity contribution in [2.24, 2.45) is 13.0 Å². The normalized spacial score (nSPS) is 13.0. The van der Waals surface area contributed by atoms with Crippen LogP contribution in [0, 0.1) is 12.8 Å². The smallest absolute Gasteiger partial charge is 0.261 e. The Balaban J connectivity index is 2.25. The molecule has 22 heavy (non-hydrogen) atoms. The van der Waals surface area contributed by atoms with Gasteiger partial charge >= 0.3 is 0 Å². The Labute approximate surface area is 128 Å². The van der Waals surface area contributed by atoms with Crippen LogP contribution in [0.5, 0.6) is 0 Å². The first-order valence-corrected chi connectivity index (χ1v) is 7.30. The molecule has 0 fully saturated rings. The molecule has 6 heteroatoms. The summed E-state index contributed by atoms with van der Waals surface area (Å²) >= 11 is 0. The first-order valence-electron chi connectivity index (χ1n) is 7.30. The summed E-state index contributed by atoms with van der Waals surface area (Å²) in [7, 11) is 1.83. The van der Waals surface area contributed by atoms with Crippen molar-refractivity contribution in [1.82, 2.24) is 24.3 Å². The SMILES string of the molecule is Cc1ccc2ncn([C@H](c3ncnn3C)C(C)C)c(=O)c2c1. The summed E-state index contributed by atoms with van der Waals surface area (Å²) in [5.74, 6) is 0.940. The third kappa shape index (κ3) is 2.30. The molecule has 3 rings (SSSR count). The summed E-state index contributed by atoms with van der Waals surface area (Å²) in [6.45, 7) is 6.09. The number of nitrogens with zero attached hydrogens (tertiary/aromatic N) is 5. The molecular weight excluding hydrogens is 278 g/mol. The molecule has 1 aromatic carbocycles. The van der Waals surface area contributed by atoms with E-state index in [1.165, 1.54) is 6.33 Å². The van der Waals surface area contributed by atoms with E-state index in [2.05, 4.69) is 28.9 Å². The van der Waals surface area contributed by atoms with Crippen molar-refractivity contribution in [3.8, 4) is 0 Å². The summed E-state index contributed by atoms with van der Waals surface area (Å²) in [5, 5.41) is 4.76. The maximum atomic E-state index is 12.9. The largest absolute Gasteiger partial charge is 0.288 e. The van der Waals surface area contributed by atoms with E-state index < -0.39 is 0 Å². The van der Waals surface area contributed by atoms with E-state index in [-0.39, 0.29) is 17.5 Å². The van der Waals surface area contributed by atoms with Crippen molar-refractivity contribution < 1.29 is 0 Å². The predicted molar refractivity (Wildman–Crippen MR) is 84.7 cm³/mol. The van der Waals surface area contributed by atoms with Crippen molar-refractivity contribution in [1.29, 1.82) is 0 Å². The van der Waals surface area contributed by atoms with Gasteiger partial charge in [-0.1, -0.05) is 25.5 Å². The first kappa shape index (κ1) is 14.4. The zero-order valence-corrected chi connectivity index (χ0v) is 13.2. The minimum Gasteiger partial charge on any atom is -0.288 e. The van der Waals surface area contributed by atoms with E-state index in [0.29, 0.717) is 10.9 Å². The summed E-state index contributed by atoms with van der Waals surface area (Å²) in [4.78, 5) is 21.6. The highest BCUT2D eigenvalue weighted by Gasteiger charge is 2.24. The number of fused-ring (bicyclic) bond motifs is 1. The Morgan fingerprint density at radius 2 is 1.95 bits per heavy atom. The van der Waals surface area contributed by atoms with Gasteiger partial charge in [0.25, 0.3) is 5.56 Å². The molecule has 2 heterocycles. The van der Waals surface area contributed by atoms with Crippen LogP contribution >= 0.6 is 0 Å². The molecular formula is C16H19N5O. The number of benzene rings is 1. The third-order valence-corrected chi connectivity index (χ3v) is 3.88. The van der Waals surface area contributed by atoms with Gasteiger partial charge in [0, 0.05) is 7.05 Å². The maximum absolute atomic E-state index is 12.9. The van der Waals surface area contributed by atoms with Gasteiger partial charge in [-0.25, -0.2) is 9.97 Å². The summed E-state index contributed by atoms with van der Waals surface area (Å²) < 4.78 is 3.37. The van der Waals surface area contributed by atoms with Crippen LogP contribution in [0.4, 0.5) is 0 Å². The van der Waals surface area contributed by atoms with E-state index in [1.54, 1.807) is 15.6 Å². The van der Waals surface area contributed by atoms with Crippen molar-refractivity contribution in [2.45, 2.75) is 26.8 Å². The average molecular weight is 297 g/mol. The second-order valence-corrected chi connectivity index (χ2v) is 5.91. The molecule has 0 aliphatic carbocycles. The van der Waals surface area contributed by atoms with Gasteiger partial charge in [0.2, 0.25) is 0 Å². The van der Waals surface area contributed by atoms with Crippen LogP contribution in [0.15, 0.2) is 35.6 Å². The molecule has 0 aliphatic rings. The summed E-state index contributed by atoms with van der Waals surface area (Å²) in [6, 6.07) is 5.53. The van der Waals surface area contributed by atoms with Gasteiger partial charge in [-0.15, -0.1) is 0 Å². The zero-order valence-electron chi connectivity index (χ0n) is 13.2. The lowest BCUT2D eigenvalue weighted by atomic mass is 10.0. The second-order valence-electron chi connectivity index (χ2n) is 5.91. The topological polar surface area (TPSA) is 65.6 Å². The van der Waals surface area contributed by atoms with Gasteiger partial charge in [-0.05, 0) is 25.0 Å². The lowest BCUT2D eigenvalue weighted by Crippen LogP contribution is -2.31. The number of aromatic nitrogens is 5. The van der Waals surface area contributed by atoms with Crippen molar-refractivity contribution in [3.05, 3.63) is 52.6 Å². The highest BCUT2D eigenvalue weighted by atomic mass is 16.1. The van der Waals surface area contributed by atoms with E-state index >= 15 is 0 Å². The highest BCUT2D eigenvalue weighted by Crippen LogP contribution is 2.23. The fraction of sp³-hybridized carbons (Fsp3) is 0.375. The molecule has 0 bridgehead atoms. The third-order valence-electron chi connectivity index (χ3n) is 3.88. The molecule has 0 saturated heterocycles. The minimum absolute atomic E-state index is 0.0459. The van der Waals surface area contributed by atoms with Gasteiger partial charge in [-0.2, -0.15) is 5.10 Å². The molecule has 0 N–H and O–H groups in total. The van der Waals surface area contributed by atoms with E-state index in [4.69, 9.17) is 0 Å². The summed E-state index contributed by atoms with van der Waals surface area (Å²) in [5.41, 5.74) is 1.71. The second kappa shape index (κ2) is 5.36. The van der Waals surface area contributed by atoms with Crippen LogP contribution in [0.25, 0.3) is 10.9 Å². The molecule has 0 spiro atoms. The quantitative estimate of drug-likeness (QED) is 0.742. The van der Waals surface area contributed by atoms with Crippen LogP contribution in [-0.2, 0) is 7.05 Å². The van der Waals surface area contributed by atoms with Crippen LogP contribution < -0.4 is 5.56 Å². The van der Waals surface area contributed by atoms with Crippen LogP contribution in [-0.4, -0.2) is 24.3 Å². The zero-order chi connectivity index (χ0) is 15.9.